The van der Waals surface area contributed by atoms with E-state index in [1.807, 2.05) is 88.3 Å². The summed E-state index contributed by atoms with van der Waals surface area (Å²) in [4.78, 5) is 58.4. The fourth-order valence-electron chi connectivity index (χ4n) is 6.78. The summed E-state index contributed by atoms with van der Waals surface area (Å²) in [6.07, 6.45) is 4.66. The third-order valence-corrected chi connectivity index (χ3v) is 9.29. The quantitative estimate of drug-likeness (QED) is 0.109. The number of allylic oxidation sites excluding steroid dienone is 2. The molecule has 0 fully saturated rings. The number of aliphatic imine (C=N–C) groups is 2. The number of rotatable bonds is 8. The summed E-state index contributed by atoms with van der Waals surface area (Å²) in [5, 5.41) is 44.1. The molecule has 5 N–H and O–H groups in total. The third-order valence-electron chi connectivity index (χ3n) is 9.29. The molecule has 1 aliphatic heterocycles. The predicted molar refractivity (Wildman–Crippen MR) is 260 cm³/mol. The van der Waals surface area contributed by atoms with E-state index in [0.717, 1.165) is 65.4 Å². The summed E-state index contributed by atoms with van der Waals surface area (Å²) in [6, 6.07) is 10.7. The first-order valence-corrected chi connectivity index (χ1v) is 22.2. The largest absolute Gasteiger partial charge is 0.548 e. The van der Waals surface area contributed by atoms with E-state index in [9.17, 15) is 34.5 Å². The van der Waals surface area contributed by atoms with Gasteiger partial charge in [0, 0.05) is 29.7 Å². The molecule has 0 aromatic heterocycles. The van der Waals surface area contributed by atoms with Crippen molar-refractivity contribution >= 4 is 53.2 Å². The Labute approximate surface area is 392 Å². The predicted octanol–water partition coefficient (Wildman–Crippen LogP) is 1.37. The number of guanidine groups is 4. The number of hydrogen-bond donors (Lipinski definition) is 5. The Morgan fingerprint density at radius 2 is 1.20 bits per heavy atom. The minimum Gasteiger partial charge on any atom is -0.548 e. The first kappa shape index (κ1) is 57.7. The summed E-state index contributed by atoms with van der Waals surface area (Å²) >= 11 is 0. The van der Waals surface area contributed by atoms with Crippen molar-refractivity contribution < 1.29 is 43.6 Å². The van der Waals surface area contributed by atoms with Gasteiger partial charge in [-0.1, -0.05) is 30.3 Å². The van der Waals surface area contributed by atoms with Gasteiger partial charge >= 0.3 is 11.9 Å². The molecule has 18 heteroatoms. The second-order valence-corrected chi connectivity index (χ2v) is 17.6. The molecule has 0 atom stereocenters. The van der Waals surface area contributed by atoms with Crippen LogP contribution in [0.1, 0.15) is 123 Å². The lowest BCUT2D eigenvalue weighted by molar-refractivity contribution is -0.471. The van der Waals surface area contributed by atoms with Crippen LogP contribution in [0, 0.1) is 0 Å². The number of fused-ring (bicyclic) bond motifs is 2. The van der Waals surface area contributed by atoms with Crippen LogP contribution in [0.5, 0.6) is 0 Å². The maximum Gasteiger partial charge on any atom is 0.354 e. The van der Waals surface area contributed by atoms with Crippen molar-refractivity contribution in [2.45, 2.75) is 112 Å². The lowest BCUT2D eigenvalue weighted by Crippen LogP contribution is -2.51. The lowest BCUT2D eigenvalue weighted by atomic mass is 9.82. The van der Waals surface area contributed by atoms with Crippen LogP contribution in [-0.4, -0.2) is 164 Å². The highest BCUT2D eigenvalue weighted by Crippen LogP contribution is 2.35. The zero-order valence-electron chi connectivity index (χ0n) is 42.4. The van der Waals surface area contributed by atoms with Crippen LogP contribution in [0.4, 0.5) is 0 Å². The minimum absolute atomic E-state index is 0.0490. The molecule has 366 valence electrons. The van der Waals surface area contributed by atoms with Gasteiger partial charge in [-0.15, -0.1) is 0 Å². The summed E-state index contributed by atoms with van der Waals surface area (Å²) in [5.41, 5.74) is 4.32. The highest BCUT2D eigenvalue weighted by Gasteiger charge is 2.34. The van der Waals surface area contributed by atoms with Crippen molar-refractivity contribution in [3.05, 3.63) is 75.9 Å². The van der Waals surface area contributed by atoms with Crippen LogP contribution < -0.4 is 31.5 Å². The molecule has 2 aliphatic rings. The number of nitrogens with one attached hydrogen (secondary N) is 4. The average Bonchev–Trinajstić information content (AvgIpc) is 3.44. The first-order valence-electron chi connectivity index (χ1n) is 22.2. The third kappa shape index (κ3) is 18.7. The van der Waals surface area contributed by atoms with E-state index < -0.39 is 30.3 Å². The van der Waals surface area contributed by atoms with Crippen molar-refractivity contribution in [2.24, 2.45) is 9.98 Å². The van der Waals surface area contributed by atoms with Crippen molar-refractivity contribution in [2.75, 3.05) is 62.9 Å². The molecule has 2 amide bonds. The molecule has 66 heavy (non-hydrogen) atoms. The summed E-state index contributed by atoms with van der Waals surface area (Å²) in [6.45, 7) is 17.8. The molecular weight excluding hydrogens is 843 g/mol. The highest BCUT2D eigenvalue weighted by atomic mass is 16.4. The number of aromatic carboxylic acids is 1. The number of aliphatic hydroxyl groups excluding tert-OH is 1. The van der Waals surface area contributed by atoms with Gasteiger partial charge in [-0.3, -0.25) is 33.4 Å². The highest BCUT2D eigenvalue weighted by molar-refractivity contribution is 6.22. The molecule has 0 radical (unpaired) electrons. The van der Waals surface area contributed by atoms with Gasteiger partial charge in [0.05, 0.1) is 92.6 Å². The SMILES string of the molecule is C/C=C1\CCCc2c(CO)ccc(C(=O)[O-])c21.CC(C)N=C(NC(N(C)C)=[N+](C)C)NC(C)C.CC(C)N=C(NC(N(C)C)=[N+](C)C)NC(C)C.O=C([O-])CN1C(=O)c2ccccc2C1=O. The van der Waals surface area contributed by atoms with Gasteiger partial charge in [-0.25, -0.2) is 20.6 Å². The molecule has 0 saturated heterocycles. The van der Waals surface area contributed by atoms with E-state index in [1.54, 1.807) is 18.2 Å². The Kier molecular flexibility index (Phi) is 24.4. The molecule has 0 saturated carbocycles. The molecule has 1 heterocycles. The molecule has 0 unspecified atom stereocenters. The van der Waals surface area contributed by atoms with Gasteiger partial charge in [0.1, 0.15) is 0 Å². The maximum atomic E-state index is 11.6. The molecule has 18 nitrogen and oxygen atoms in total. The molecule has 4 rings (SSSR count). The Morgan fingerprint density at radius 3 is 1.52 bits per heavy atom. The Hall–Kier alpha value is -6.30. The fourth-order valence-corrected chi connectivity index (χ4v) is 6.78. The number of hydrogen-bond acceptors (Lipinski definition) is 9. The first-order chi connectivity index (χ1) is 30.8. The van der Waals surface area contributed by atoms with Gasteiger partial charge in [0.25, 0.3) is 23.7 Å². The number of amides is 2. The average molecular weight is 920 g/mol. The Bertz CT molecular complexity index is 2030. The van der Waals surface area contributed by atoms with E-state index in [1.165, 1.54) is 18.2 Å². The molecule has 1 aliphatic carbocycles. The number of nitrogens with zero attached hydrogens (tertiary/aromatic N) is 7. The standard InChI is InChI=1S/C14H16O3.2C12H27N5.C10H7NO4/c1-2-9-4-3-5-11-10(8-15)6-7-12(13(9)11)14(16)17;2*1-9(2)13-11(14-10(3)4)15-12(16(5)6)17(7)8;12-8(13)5-11-9(14)6-3-1-2-4-7(6)10(11)15/h2,6-7,15H,3-5,8H2,1H3,(H,16,17);2*9-10H,1-8H3,(H,13,14);1-4H,5H2,(H,12,13)/b9-2+;;;. The number of carboxylic acid groups (broad SMARTS) is 2. The number of carbonyl (C=O) groups excluding carboxylic acids is 4. The van der Waals surface area contributed by atoms with Crippen molar-refractivity contribution in [3.8, 4) is 0 Å². The van der Waals surface area contributed by atoms with Crippen molar-refractivity contribution in [1.82, 2.24) is 36.0 Å². The minimum atomic E-state index is -1.45. The van der Waals surface area contributed by atoms with E-state index >= 15 is 0 Å². The number of aliphatic hydroxyl groups is 1. The number of imide groups is 1. The number of benzene rings is 2. The smallest absolute Gasteiger partial charge is 0.354 e. The van der Waals surface area contributed by atoms with E-state index in [4.69, 9.17) is 0 Å². The van der Waals surface area contributed by atoms with E-state index in [0.29, 0.717) is 17.0 Å². The van der Waals surface area contributed by atoms with Gasteiger partial charge < -0.3 is 35.5 Å². The molecular formula is C48H77N11O7. The zero-order valence-corrected chi connectivity index (χ0v) is 42.4. The van der Waals surface area contributed by atoms with Crippen LogP contribution >= 0.6 is 0 Å². The van der Waals surface area contributed by atoms with Gasteiger partial charge in [-0.2, -0.15) is 0 Å². The zero-order chi connectivity index (χ0) is 50.6. The molecule has 2 aromatic carbocycles. The lowest BCUT2D eigenvalue weighted by Gasteiger charge is -2.25. The van der Waals surface area contributed by atoms with Crippen molar-refractivity contribution in [3.63, 3.8) is 0 Å². The topological polar surface area (TPSA) is 223 Å². The fraction of sp³-hybridized carbons (Fsp3) is 0.542. The Morgan fingerprint density at radius 1 is 0.758 bits per heavy atom. The monoisotopic (exact) mass is 920 g/mol. The second-order valence-electron chi connectivity index (χ2n) is 17.6. The maximum absolute atomic E-state index is 11.6. The van der Waals surface area contributed by atoms with Gasteiger partial charge in [-0.05, 0) is 116 Å². The number of aliphatic carboxylic acids is 1. The molecule has 2 aromatic rings. The summed E-state index contributed by atoms with van der Waals surface area (Å²) in [5.74, 6) is -0.147. The number of carbonyl (C=O) groups is 4. The van der Waals surface area contributed by atoms with Crippen LogP contribution in [0.3, 0.4) is 0 Å². The van der Waals surface area contributed by atoms with Crippen LogP contribution in [0.2, 0.25) is 0 Å². The normalized spacial score (nSPS) is 13.7. The van der Waals surface area contributed by atoms with Crippen molar-refractivity contribution in [1.29, 1.82) is 0 Å². The van der Waals surface area contributed by atoms with Crippen LogP contribution in [0.25, 0.3) is 5.57 Å². The van der Waals surface area contributed by atoms with Crippen LogP contribution in [-0.2, 0) is 17.8 Å². The molecule has 0 spiro atoms. The summed E-state index contributed by atoms with van der Waals surface area (Å²) in [7, 11) is 16.0. The molecule has 0 bridgehead atoms. The van der Waals surface area contributed by atoms with E-state index in [2.05, 4.69) is 86.6 Å². The van der Waals surface area contributed by atoms with Gasteiger partial charge in [0.15, 0.2) is 0 Å². The van der Waals surface area contributed by atoms with Crippen LogP contribution in [0.15, 0.2) is 52.5 Å². The number of carboxylic acids is 2. The Balaban J connectivity index is 0.000000440. The second kappa shape index (κ2) is 27.9. The van der Waals surface area contributed by atoms with E-state index in [-0.39, 0.29) is 35.4 Å². The summed E-state index contributed by atoms with van der Waals surface area (Å²) < 4.78 is 4.05. The van der Waals surface area contributed by atoms with Gasteiger partial charge in [0.2, 0.25) is 0 Å².